The highest BCUT2D eigenvalue weighted by molar-refractivity contribution is 7.00. The normalized spacial score (nSPS) is 12.9. The molecule has 77 heavy (non-hydrogen) atoms. The molecule has 0 spiro atoms. The molecule has 0 N–H and O–H groups in total. The van der Waals surface area contributed by atoms with Crippen LogP contribution in [-0.2, 0) is 0 Å². The Kier molecular flexibility index (Phi) is 8.96. The summed E-state index contributed by atoms with van der Waals surface area (Å²) < 4.78 is 0. The molecule has 0 atom stereocenters. The van der Waals surface area contributed by atoms with E-state index in [2.05, 4.69) is 283 Å². The molecule has 2 nitrogen and oxygen atoms in total. The van der Waals surface area contributed by atoms with E-state index in [9.17, 15) is 0 Å². The third kappa shape index (κ3) is 6.38. The maximum Gasteiger partial charge on any atom is 0.252 e. The summed E-state index contributed by atoms with van der Waals surface area (Å²) in [4.78, 5) is 5.17. The molecule has 2 heterocycles. The Morgan fingerprint density at radius 1 is 0.221 bits per heavy atom. The minimum atomic E-state index is -0.101. The van der Waals surface area contributed by atoms with E-state index in [1.54, 1.807) is 0 Å². The fraction of sp³-hybridized carbons (Fsp3) is 0. The lowest BCUT2D eigenvalue weighted by Crippen LogP contribution is -2.61. The summed E-state index contributed by atoms with van der Waals surface area (Å²) in [6.45, 7) is -0.101. The Hall–Kier alpha value is -9.96. The Bertz CT molecular complexity index is 4610. The summed E-state index contributed by atoms with van der Waals surface area (Å²) >= 11 is 0. The van der Waals surface area contributed by atoms with Crippen LogP contribution in [0.25, 0.3) is 109 Å². The van der Waals surface area contributed by atoms with Crippen molar-refractivity contribution in [2.45, 2.75) is 0 Å². The number of nitrogens with zero attached hydrogens (tertiary/aromatic N) is 2. The third-order valence-corrected chi connectivity index (χ3v) is 17.1. The number of fused-ring (bicyclic) bond motifs is 10. The van der Waals surface area contributed by atoms with Crippen molar-refractivity contribution in [3.05, 3.63) is 273 Å². The lowest BCUT2D eigenvalue weighted by Gasteiger charge is -2.45. The van der Waals surface area contributed by atoms with Crippen molar-refractivity contribution in [2.75, 3.05) is 9.80 Å². The predicted molar refractivity (Wildman–Crippen MR) is 331 cm³/mol. The molecule has 354 valence electrons. The van der Waals surface area contributed by atoms with Gasteiger partial charge in [-0.25, -0.2) is 0 Å². The SMILES string of the molecule is c1ccc(-c2ccc(N3c4cc5ccc6ccccc6c5cc4B4c5cc6c(ccc7ccccc76)cc5N(c5ccc(-c6ccccc6)cc5)c5cc(-c6cc7ccc8cccc9ccc(c6)c7c89)cc3c54)cc2)cc1. The van der Waals surface area contributed by atoms with E-state index in [-0.39, 0.29) is 6.71 Å². The standard InChI is InChI=1S/C74H45BN2/c1-3-12-46(13-4-1)48-30-34-60(35-31-48)76-68-40-54-26-22-50-16-7-9-20-62(50)64(54)44-66(68)75-67-45-65-55(27-23-51-17-8-10-21-63(51)65)41-69(67)77(61-36-32-49(33-37-61)47-14-5-2-6-15-47)71-43-59(42-70(76)74(71)75)58-38-56-28-24-52-18-11-19-53-25-29-57(39-58)73(56)72(52)53/h1-45H. The van der Waals surface area contributed by atoms with Gasteiger partial charge in [0, 0.05) is 34.1 Å². The average Bonchev–Trinajstić information content (AvgIpc) is 3.51. The zero-order chi connectivity index (χ0) is 50.3. The van der Waals surface area contributed by atoms with Crippen molar-refractivity contribution in [1.29, 1.82) is 0 Å². The van der Waals surface area contributed by atoms with Crippen LogP contribution < -0.4 is 26.2 Å². The second-order valence-corrected chi connectivity index (χ2v) is 21.2. The van der Waals surface area contributed by atoms with Crippen molar-refractivity contribution >= 4 is 133 Å². The van der Waals surface area contributed by atoms with Crippen LogP contribution in [0.1, 0.15) is 0 Å². The molecule has 0 saturated heterocycles. The second kappa shape index (κ2) is 16.3. The van der Waals surface area contributed by atoms with E-state index in [1.807, 2.05) is 0 Å². The van der Waals surface area contributed by atoms with E-state index in [0.29, 0.717) is 0 Å². The van der Waals surface area contributed by atoms with Crippen molar-refractivity contribution < 1.29 is 0 Å². The first-order chi connectivity index (χ1) is 38.1. The minimum Gasteiger partial charge on any atom is -0.311 e. The molecular formula is C74H45BN2. The van der Waals surface area contributed by atoms with Gasteiger partial charge in [-0.3, -0.25) is 0 Å². The Balaban J connectivity index is 1.000. The van der Waals surface area contributed by atoms with E-state index in [0.717, 1.165) is 11.4 Å². The molecule has 0 bridgehead atoms. The van der Waals surface area contributed by atoms with Crippen LogP contribution in [0.2, 0.25) is 0 Å². The van der Waals surface area contributed by atoms with E-state index < -0.39 is 0 Å². The van der Waals surface area contributed by atoms with Crippen LogP contribution in [0.15, 0.2) is 273 Å². The summed E-state index contributed by atoms with van der Waals surface area (Å²) in [6, 6.07) is 103. The average molecular weight is 973 g/mol. The summed E-state index contributed by atoms with van der Waals surface area (Å²) in [5.41, 5.74) is 18.0. The molecule has 15 aromatic rings. The zero-order valence-corrected chi connectivity index (χ0v) is 42.0. The van der Waals surface area contributed by atoms with Crippen LogP contribution in [0.5, 0.6) is 0 Å². The van der Waals surface area contributed by atoms with Gasteiger partial charge in [-0.1, -0.05) is 212 Å². The van der Waals surface area contributed by atoms with Gasteiger partial charge in [-0.2, -0.15) is 0 Å². The molecule has 0 fully saturated rings. The van der Waals surface area contributed by atoms with Crippen LogP contribution in [-0.4, -0.2) is 6.71 Å². The molecule has 2 aliphatic heterocycles. The Labute approximate surface area is 446 Å². The van der Waals surface area contributed by atoms with Gasteiger partial charge >= 0.3 is 0 Å². The smallest absolute Gasteiger partial charge is 0.252 e. The lowest BCUT2D eigenvalue weighted by atomic mass is 9.33. The monoisotopic (exact) mass is 972 g/mol. The molecule has 0 aromatic heterocycles. The van der Waals surface area contributed by atoms with Gasteiger partial charge in [0.2, 0.25) is 0 Å². The molecule has 0 radical (unpaired) electrons. The number of anilines is 6. The minimum absolute atomic E-state index is 0.101. The summed E-state index contributed by atoms with van der Waals surface area (Å²) in [5, 5.41) is 17.7. The first-order valence-electron chi connectivity index (χ1n) is 26.8. The predicted octanol–water partition coefficient (Wildman–Crippen LogP) is 18.3. The molecule has 15 aromatic carbocycles. The highest BCUT2D eigenvalue weighted by Crippen LogP contribution is 2.49. The van der Waals surface area contributed by atoms with E-state index in [1.165, 1.54) is 148 Å². The number of hydrogen-bond acceptors (Lipinski definition) is 2. The molecule has 3 heteroatoms. The number of benzene rings is 15. The third-order valence-electron chi connectivity index (χ3n) is 17.1. The van der Waals surface area contributed by atoms with Crippen LogP contribution in [0, 0.1) is 0 Å². The van der Waals surface area contributed by atoms with Crippen molar-refractivity contribution in [1.82, 2.24) is 0 Å². The van der Waals surface area contributed by atoms with Crippen molar-refractivity contribution in [3.63, 3.8) is 0 Å². The van der Waals surface area contributed by atoms with Crippen LogP contribution >= 0.6 is 0 Å². The number of hydrogen-bond donors (Lipinski definition) is 0. The quantitative estimate of drug-likeness (QED) is 0.125. The van der Waals surface area contributed by atoms with E-state index in [4.69, 9.17) is 0 Å². The van der Waals surface area contributed by atoms with Crippen LogP contribution in [0.3, 0.4) is 0 Å². The molecule has 0 aliphatic carbocycles. The maximum atomic E-state index is 2.58. The van der Waals surface area contributed by atoms with E-state index >= 15 is 0 Å². The summed E-state index contributed by atoms with van der Waals surface area (Å²) in [6.07, 6.45) is 0. The van der Waals surface area contributed by atoms with Gasteiger partial charge < -0.3 is 9.80 Å². The van der Waals surface area contributed by atoms with Gasteiger partial charge in [-0.05, 0) is 186 Å². The highest BCUT2D eigenvalue weighted by atomic mass is 15.2. The highest BCUT2D eigenvalue weighted by Gasteiger charge is 2.44. The molecule has 0 amide bonds. The zero-order valence-electron chi connectivity index (χ0n) is 42.0. The maximum absolute atomic E-state index is 2.58. The lowest BCUT2D eigenvalue weighted by molar-refractivity contribution is 1.26. The second-order valence-electron chi connectivity index (χ2n) is 21.2. The molecule has 0 unspecified atom stereocenters. The van der Waals surface area contributed by atoms with Gasteiger partial charge in [0.05, 0.1) is 0 Å². The van der Waals surface area contributed by atoms with Gasteiger partial charge in [0.15, 0.2) is 0 Å². The first-order valence-corrected chi connectivity index (χ1v) is 26.8. The first kappa shape index (κ1) is 42.4. The van der Waals surface area contributed by atoms with Crippen molar-refractivity contribution in [3.8, 4) is 33.4 Å². The Morgan fingerprint density at radius 3 is 1.09 bits per heavy atom. The largest absolute Gasteiger partial charge is 0.311 e. The summed E-state index contributed by atoms with van der Waals surface area (Å²) in [5.74, 6) is 0. The topological polar surface area (TPSA) is 6.48 Å². The van der Waals surface area contributed by atoms with Gasteiger partial charge in [-0.15, -0.1) is 0 Å². The molecule has 17 rings (SSSR count). The summed E-state index contributed by atoms with van der Waals surface area (Å²) in [7, 11) is 0. The Morgan fingerprint density at radius 2 is 0.597 bits per heavy atom. The van der Waals surface area contributed by atoms with Gasteiger partial charge in [0.25, 0.3) is 6.71 Å². The molecular weight excluding hydrogens is 928 g/mol. The number of rotatable bonds is 5. The van der Waals surface area contributed by atoms with Crippen LogP contribution in [0.4, 0.5) is 34.1 Å². The van der Waals surface area contributed by atoms with Crippen molar-refractivity contribution in [2.24, 2.45) is 0 Å². The molecule has 2 aliphatic rings. The fourth-order valence-corrected chi connectivity index (χ4v) is 13.5. The molecule has 0 saturated carbocycles. The fourth-order valence-electron chi connectivity index (χ4n) is 13.5. The van der Waals surface area contributed by atoms with Gasteiger partial charge in [0.1, 0.15) is 0 Å².